The molecule has 2 saturated heterocycles. The van der Waals surface area contributed by atoms with Gasteiger partial charge in [-0.1, -0.05) is 12.1 Å². The van der Waals surface area contributed by atoms with Crippen molar-refractivity contribution in [3.63, 3.8) is 0 Å². The van der Waals surface area contributed by atoms with Gasteiger partial charge >= 0.3 is 0 Å². The predicted molar refractivity (Wildman–Crippen MR) is 136 cm³/mol. The highest BCUT2D eigenvalue weighted by atomic mass is 127. The zero-order chi connectivity index (χ0) is 20.6. The molecule has 31 heavy (non-hydrogen) atoms. The zero-order valence-electron chi connectivity index (χ0n) is 18.1. The quantitative estimate of drug-likeness (QED) is 0.357. The Labute approximate surface area is 201 Å². The van der Waals surface area contributed by atoms with Crippen molar-refractivity contribution in [1.82, 2.24) is 20.2 Å². The highest BCUT2D eigenvalue weighted by Crippen LogP contribution is 2.19. The lowest BCUT2D eigenvalue weighted by Gasteiger charge is -2.37. The Kier molecular flexibility index (Phi) is 9.13. The average Bonchev–Trinajstić information content (AvgIpc) is 2.83. The van der Waals surface area contributed by atoms with Crippen molar-refractivity contribution in [3.05, 3.63) is 48.3 Å². The first kappa shape index (κ1) is 23.5. The van der Waals surface area contributed by atoms with Crippen molar-refractivity contribution in [1.29, 1.82) is 0 Å². The van der Waals surface area contributed by atoms with E-state index in [4.69, 9.17) is 9.73 Å². The van der Waals surface area contributed by atoms with E-state index in [2.05, 4.69) is 49.0 Å². The van der Waals surface area contributed by atoms with E-state index in [1.54, 1.807) is 0 Å². The number of aliphatic imine (C=N–C) groups is 1. The topological polar surface area (TPSA) is 69.1 Å². The van der Waals surface area contributed by atoms with Crippen LogP contribution in [0.3, 0.4) is 0 Å². The first-order chi connectivity index (χ1) is 14.8. The van der Waals surface area contributed by atoms with Crippen molar-refractivity contribution in [2.45, 2.75) is 13.5 Å². The Balaban J connectivity index is 0.00000272. The van der Waals surface area contributed by atoms with Gasteiger partial charge in [-0.25, -0.2) is 15.0 Å². The van der Waals surface area contributed by atoms with E-state index in [0.29, 0.717) is 6.54 Å². The molecule has 1 N–H and O–H groups in total. The Hall–Kier alpha value is -2.14. The Bertz CT molecular complexity index is 822. The fourth-order valence-corrected chi connectivity index (χ4v) is 3.89. The highest BCUT2D eigenvalue weighted by Gasteiger charge is 2.21. The summed E-state index contributed by atoms with van der Waals surface area (Å²) < 4.78 is 5.49. The predicted octanol–water partition coefficient (Wildman–Crippen LogP) is 2.22. The first-order valence-corrected chi connectivity index (χ1v) is 10.8. The summed E-state index contributed by atoms with van der Waals surface area (Å²) in [5.41, 5.74) is 1.15. The number of nitrogens with zero attached hydrogens (tertiary/aromatic N) is 6. The van der Waals surface area contributed by atoms with E-state index in [0.717, 1.165) is 82.2 Å². The van der Waals surface area contributed by atoms with Crippen LogP contribution in [0.5, 0.6) is 0 Å². The molecule has 2 aromatic rings. The molecule has 0 radical (unpaired) electrons. The summed E-state index contributed by atoms with van der Waals surface area (Å²) in [5.74, 6) is 3.04. The van der Waals surface area contributed by atoms with Crippen LogP contribution in [-0.2, 0) is 11.3 Å². The summed E-state index contributed by atoms with van der Waals surface area (Å²) >= 11 is 0. The number of halogens is 1. The average molecular weight is 537 g/mol. The molecule has 8 nitrogen and oxygen atoms in total. The lowest BCUT2D eigenvalue weighted by atomic mass is 10.2. The van der Waals surface area contributed by atoms with Gasteiger partial charge in [0.05, 0.1) is 19.8 Å². The summed E-state index contributed by atoms with van der Waals surface area (Å²) in [7, 11) is 0. The van der Waals surface area contributed by atoms with Gasteiger partial charge in [-0.2, -0.15) is 0 Å². The third kappa shape index (κ3) is 6.19. The molecule has 9 heteroatoms. The number of piperazine rings is 1. The standard InChI is InChI=1S/C22H31N7O.HI/c1-2-23-22(29-12-10-27(11-13-29)20-7-3-4-8-24-20)26-18-19-6-5-9-25-21(19)28-14-16-30-17-15-28;/h3-9H,2,10-18H2,1H3,(H,23,26);1H. The van der Waals surface area contributed by atoms with Crippen LogP contribution < -0.4 is 15.1 Å². The molecular formula is C22H32IN7O. The Morgan fingerprint density at radius 2 is 1.74 bits per heavy atom. The molecule has 0 unspecified atom stereocenters. The minimum Gasteiger partial charge on any atom is -0.378 e. The van der Waals surface area contributed by atoms with Gasteiger partial charge in [0.1, 0.15) is 11.6 Å². The van der Waals surface area contributed by atoms with Crippen molar-refractivity contribution in [2.24, 2.45) is 4.99 Å². The molecule has 2 aromatic heterocycles. The molecule has 2 fully saturated rings. The van der Waals surface area contributed by atoms with Crippen LogP contribution in [0.25, 0.3) is 0 Å². The Morgan fingerprint density at radius 3 is 2.45 bits per heavy atom. The SMILES string of the molecule is CCNC(=NCc1cccnc1N1CCOCC1)N1CCN(c2ccccn2)CC1.I. The van der Waals surface area contributed by atoms with Gasteiger partial charge in [0.15, 0.2) is 5.96 Å². The van der Waals surface area contributed by atoms with E-state index >= 15 is 0 Å². The summed E-state index contributed by atoms with van der Waals surface area (Å²) in [4.78, 5) is 21.0. The summed E-state index contributed by atoms with van der Waals surface area (Å²) in [6.45, 7) is 10.6. The van der Waals surface area contributed by atoms with Crippen LogP contribution in [0.1, 0.15) is 12.5 Å². The fourth-order valence-electron chi connectivity index (χ4n) is 3.89. The molecular weight excluding hydrogens is 505 g/mol. The van der Waals surface area contributed by atoms with Crippen LogP contribution >= 0.6 is 24.0 Å². The number of morpholine rings is 1. The maximum Gasteiger partial charge on any atom is 0.194 e. The van der Waals surface area contributed by atoms with E-state index in [-0.39, 0.29) is 24.0 Å². The highest BCUT2D eigenvalue weighted by molar-refractivity contribution is 14.0. The number of nitrogens with one attached hydrogen (secondary N) is 1. The molecule has 0 spiro atoms. The lowest BCUT2D eigenvalue weighted by Crippen LogP contribution is -2.52. The van der Waals surface area contributed by atoms with Gasteiger partial charge in [-0.15, -0.1) is 24.0 Å². The first-order valence-electron chi connectivity index (χ1n) is 10.8. The number of ether oxygens (including phenoxy) is 1. The zero-order valence-corrected chi connectivity index (χ0v) is 20.4. The van der Waals surface area contributed by atoms with Crippen molar-refractivity contribution >= 4 is 41.6 Å². The minimum atomic E-state index is 0. The van der Waals surface area contributed by atoms with Crippen molar-refractivity contribution in [3.8, 4) is 0 Å². The van der Waals surface area contributed by atoms with E-state index in [9.17, 15) is 0 Å². The second-order valence-electron chi connectivity index (χ2n) is 7.42. The molecule has 0 amide bonds. The maximum atomic E-state index is 5.49. The minimum absolute atomic E-state index is 0. The van der Waals surface area contributed by atoms with Crippen LogP contribution in [0, 0.1) is 0 Å². The third-order valence-electron chi connectivity index (χ3n) is 5.46. The molecule has 0 aromatic carbocycles. The second-order valence-corrected chi connectivity index (χ2v) is 7.42. The van der Waals surface area contributed by atoms with Gasteiger partial charge in [-0.05, 0) is 25.1 Å². The number of aromatic nitrogens is 2. The number of pyridine rings is 2. The number of rotatable bonds is 5. The molecule has 4 rings (SSSR count). The molecule has 2 aliphatic rings. The number of anilines is 2. The molecule has 0 atom stereocenters. The number of hydrogen-bond donors (Lipinski definition) is 1. The second kappa shape index (κ2) is 12.0. The van der Waals surface area contributed by atoms with Crippen molar-refractivity contribution < 1.29 is 4.74 Å². The van der Waals surface area contributed by atoms with Gasteiger partial charge < -0.3 is 24.8 Å². The van der Waals surface area contributed by atoms with E-state index in [1.807, 2.05) is 30.6 Å². The van der Waals surface area contributed by atoms with Gasteiger partial charge in [-0.3, -0.25) is 0 Å². The number of guanidine groups is 1. The van der Waals surface area contributed by atoms with E-state index in [1.165, 1.54) is 0 Å². The van der Waals surface area contributed by atoms with Gasteiger partial charge in [0, 0.05) is 63.8 Å². The van der Waals surface area contributed by atoms with Crippen LogP contribution in [0.4, 0.5) is 11.6 Å². The Morgan fingerprint density at radius 1 is 0.968 bits per heavy atom. The third-order valence-corrected chi connectivity index (χ3v) is 5.46. The maximum absolute atomic E-state index is 5.49. The lowest BCUT2D eigenvalue weighted by molar-refractivity contribution is 0.122. The molecule has 0 saturated carbocycles. The molecule has 168 valence electrons. The molecule has 0 bridgehead atoms. The summed E-state index contributed by atoms with van der Waals surface area (Å²) in [5, 5.41) is 3.46. The summed E-state index contributed by atoms with van der Waals surface area (Å²) in [6, 6.07) is 10.2. The summed E-state index contributed by atoms with van der Waals surface area (Å²) in [6.07, 6.45) is 3.72. The fraction of sp³-hybridized carbons (Fsp3) is 0.500. The molecule has 4 heterocycles. The van der Waals surface area contributed by atoms with Crippen LogP contribution in [0.2, 0.25) is 0 Å². The van der Waals surface area contributed by atoms with Crippen LogP contribution in [0.15, 0.2) is 47.7 Å². The van der Waals surface area contributed by atoms with Crippen LogP contribution in [-0.4, -0.2) is 79.9 Å². The van der Waals surface area contributed by atoms with Gasteiger partial charge in [0.25, 0.3) is 0 Å². The van der Waals surface area contributed by atoms with Gasteiger partial charge in [0.2, 0.25) is 0 Å². The smallest absolute Gasteiger partial charge is 0.194 e. The van der Waals surface area contributed by atoms with E-state index < -0.39 is 0 Å². The van der Waals surface area contributed by atoms with Crippen molar-refractivity contribution in [2.75, 3.05) is 68.8 Å². The normalized spacial score (nSPS) is 17.3. The largest absolute Gasteiger partial charge is 0.378 e. The number of hydrogen-bond acceptors (Lipinski definition) is 6. The molecule has 0 aliphatic carbocycles. The molecule has 2 aliphatic heterocycles. The monoisotopic (exact) mass is 537 g/mol.